The van der Waals surface area contributed by atoms with Crippen molar-refractivity contribution in [2.24, 2.45) is 0 Å². The highest BCUT2D eigenvalue weighted by Gasteiger charge is 2.37. The number of ether oxygens (including phenoxy) is 1. The average molecular weight is 129 g/mol. The molecule has 0 amide bonds. The summed E-state index contributed by atoms with van der Waals surface area (Å²) in [6, 6.07) is 2.20. The smallest absolute Gasteiger partial charge is 0.149 e. The molecule has 1 saturated heterocycles. The molecule has 8 heavy (non-hydrogen) atoms. The first kappa shape index (κ1) is 5.93. The second kappa shape index (κ2) is 1.96. The van der Waals surface area contributed by atoms with E-state index in [1.54, 1.807) is 11.8 Å². The molecular weight excluding hydrogens is 122 g/mol. The van der Waals surface area contributed by atoms with Gasteiger partial charge in [-0.1, -0.05) is 0 Å². The van der Waals surface area contributed by atoms with E-state index in [4.69, 9.17) is 10.00 Å². The van der Waals surface area contributed by atoms with E-state index in [2.05, 4.69) is 6.07 Å². The summed E-state index contributed by atoms with van der Waals surface area (Å²) in [6.45, 7) is 1.20. The Kier molecular flexibility index (Phi) is 1.45. The Morgan fingerprint density at radius 1 is 1.75 bits per heavy atom. The van der Waals surface area contributed by atoms with Gasteiger partial charge in [0.25, 0.3) is 0 Å². The van der Waals surface area contributed by atoms with E-state index in [0.29, 0.717) is 13.2 Å². The number of hydrogen-bond donors (Lipinski definition) is 0. The quantitative estimate of drug-likeness (QED) is 0.521. The molecule has 1 heterocycles. The molecule has 0 radical (unpaired) electrons. The highest BCUT2D eigenvalue weighted by atomic mass is 32.2. The largest absolute Gasteiger partial charge is 0.376 e. The fraction of sp³-hybridized carbons (Fsp3) is 0.800. The van der Waals surface area contributed by atoms with Crippen LogP contribution in [0.4, 0.5) is 0 Å². The van der Waals surface area contributed by atoms with Crippen molar-refractivity contribution in [3.8, 4) is 6.07 Å². The number of nitriles is 1. The molecule has 3 heteroatoms. The van der Waals surface area contributed by atoms with Crippen LogP contribution in [0.15, 0.2) is 0 Å². The number of thioether (sulfide) groups is 1. The first-order valence-corrected chi connectivity index (χ1v) is 3.60. The predicted octanol–water partition coefficient (Wildman–Crippen LogP) is 0.642. The summed E-state index contributed by atoms with van der Waals surface area (Å²) in [5.41, 5.74) is 0. The zero-order valence-corrected chi connectivity index (χ0v) is 5.49. The van der Waals surface area contributed by atoms with Crippen molar-refractivity contribution < 1.29 is 4.74 Å². The molecule has 0 aromatic heterocycles. The lowest BCUT2D eigenvalue weighted by molar-refractivity contribution is 0.0163. The topological polar surface area (TPSA) is 33.0 Å². The molecule has 0 N–H and O–H groups in total. The van der Waals surface area contributed by atoms with Crippen LogP contribution in [0.5, 0.6) is 0 Å². The summed E-state index contributed by atoms with van der Waals surface area (Å²) < 4.78 is 4.68. The first-order valence-electron chi connectivity index (χ1n) is 2.37. The minimum atomic E-state index is -0.194. The third-order valence-corrected chi connectivity index (χ3v) is 2.37. The van der Waals surface area contributed by atoms with Crippen LogP contribution in [-0.4, -0.2) is 24.2 Å². The molecule has 1 aliphatic rings. The van der Waals surface area contributed by atoms with Crippen LogP contribution in [0.25, 0.3) is 0 Å². The van der Waals surface area contributed by atoms with Crippen molar-refractivity contribution in [1.29, 1.82) is 5.26 Å². The minimum Gasteiger partial charge on any atom is -0.376 e. The number of hydrogen-bond acceptors (Lipinski definition) is 3. The molecule has 0 bridgehead atoms. The van der Waals surface area contributed by atoms with E-state index >= 15 is 0 Å². The lowest BCUT2D eigenvalue weighted by atomic mass is 10.1. The first-order chi connectivity index (χ1) is 3.83. The third kappa shape index (κ3) is 0.702. The molecule has 1 fully saturated rings. The van der Waals surface area contributed by atoms with Crippen LogP contribution in [0.3, 0.4) is 0 Å². The monoisotopic (exact) mass is 129 g/mol. The van der Waals surface area contributed by atoms with Gasteiger partial charge in [0.2, 0.25) is 0 Å². The van der Waals surface area contributed by atoms with Crippen LogP contribution < -0.4 is 0 Å². The van der Waals surface area contributed by atoms with E-state index in [1.165, 1.54) is 0 Å². The van der Waals surface area contributed by atoms with Gasteiger partial charge in [0, 0.05) is 0 Å². The van der Waals surface area contributed by atoms with Crippen molar-refractivity contribution in [3.05, 3.63) is 0 Å². The van der Waals surface area contributed by atoms with Gasteiger partial charge in [-0.2, -0.15) is 5.26 Å². The highest BCUT2D eigenvalue weighted by Crippen LogP contribution is 2.29. The maximum Gasteiger partial charge on any atom is 0.149 e. The van der Waals surface area contributed by atoms with Gasteiger partial charge >= 0.3 is 0 Å². The molecule has 1 rings (SSSR count). The van der Waals surface area contributed by atoms with Crippen LogP contribution >= 0.6 is 11.8 Å². The molecule has 1 aliphatic heterocycles. The number of rotatable bonds is 1. The molecule has 0 unspecified atom stereocenters. The summed E-state index contributed by atoms with van der Waals surface area (Å²) in [5, 5.41) is 8.49. The van der Waals surface area contributed by atoms with E-state index < -0.39 is 0 Å². The van der Waals surface area contributed by atoms with Crippen LogP contribution in [-0.2, 0) is 4.74 Å². The Labute approximate surface area is 52.8 Å². The molecule has 0 aromatic rings. The lowest BCUT2D eigenvalue weighted by Gasteiger charge is -2.32. The van der Waals surface area contributed by atoms with Gasteiger partial charge in [-0.3, -0.25) is 0 Å². The van der Waals surface area contributed by atoms with Crippen molar-refractivity contribution in [1.82, 2.24) is 0 Å². The van der Waals surface area contributed by atoms with Gasteiger partial charge in [0.1, 0.15) is 4.75 Å². The summed E-state index contributed by atoms with van der Waals surface area (Å²) >= 11 is 1.57. The van der Waals surface area contributed by atoms with Crippen molar-refractivity contribution in [2.45, 2.75) is 4.75 Å². The normalized spacial score (nSPS) is 23.5. The fourth-order valence-corrected chi connectivity index (χ4v) is 1.01. The predicted molar refractivity (Wildman–Crippen MR) is 32.7 cm³/mol. The molecule has 0 spiro atoms. The van der Waals surface area contributed by atoms with Crippen LogP contribution in [0.1, 0.15) is 0 Å². The zero-order valence-electron chi connectivity index (χ0n) is 4.68. The van der Waals surface area contributed by atoms with Crippen molar-refractivity contribution in [3.63, 3.8) is 0 Å². The second-order valence-corrected chi connectivity index (χ2v) is 2.99. The van der Waals surface area contributed by atoms with Crippen LogP contribution in [0, 0.1) is 11.3 Å². The second-order valence-electron chi connectivity index (χ2n) is 1.80. The van der Waals surface area contributed by atoms with Gasteiger partial charge in [0.15, 0.2) is 0 Å². The Bertz CT molecular complexity index is 119. The van der Waals surface area contributed by atoms with Gasteiger partial charge in [0.05, 0.1) is 19.3 Å². The van der Waals surface area contributed by atoms with Gasteiger partial charge in [-0.05, 0) is 6.26 Å². The Morgan fingerprint density at radius 3 is 2.38 bits per heavy atom. The fourth-order valence-electron chi connectivity index (χ4n) is 0.516. The zero-order chi connectivity index (χ0) is 6.04. The highest BCUT2D eigenvalue weighted by molar-refractivity contribution is 8.00. The van der Waals surface area contributed by atoms with Crippen molar-refractivity contribution >= 4 is 11.8 Å². The molecule has 0 saturated carbocycles. The summed E-state index contributed by atoms with van der Waals surface area (Å²) in [6.07, 6.45) is 1.94. The molecule has 2 nitrogen and oxygen atoms in total. The van der Waals surface area contributed by atoms with Gasteiger partial charge < -0.3 is 4.74 Å². The molecule has 0 aromatic carbocycles. The van der Waals surface area contributed by atoms with Crippen LogP contribution in [0.2, 0.25) is 0 Å². The summed E-state index contributed by atoms with van der Waals surface area (Å²) in [7, 11) is 0. The maximum absolute atomic E-state index is 8.49. The van der Waals surface area contributed by atoms with Crippen molar-refractivity contribution in [2.75, 3.05) is 19.5 Å². The molecule has 0 atom stereocenters. The van der Waals surface area contributed by atoms with E-state index in [1.807, 2.05) is 6.26 Å². The molecular formula is C5H7NOS. The number of nitrogens with zero attached hydrogens (tertiary/aromatic N) is 1. The van der Waals surface area contributed by atoms with Gasteiger partial charge in [-0.25, -0.2) is 0 Å². The van der Waals surface area contributed by atoms with E-state index in [0.717, 1.165) is 0 Å². The Hall–Kier alpha value is -0.200. The lowest BCUT2D eigenvalue weighted by Crippen LogP contribution is -2.44. The SMILES string of the molecule is CSC1(C#N)COC1. The molecule has 0 aliphatic carbocycles. The third-order valence-electron chi connectivity index (χ3n) is 1.26. The average Bonchev–Trinajstić information content (AvgIpc) is 1.67. The summed E-state index contributed by atoms with van der Waals surface area (Å²) in [4.78, 5) is 0. The van der Waals surface area contributed by atoms with E-state index in [9.17, 15) is 0 Å². The minimum absolute atomic E-state index is 0.194. The Balaban J connectivity index is 2.49. The van der Waals surface area contributed by atoms with E-state index in [-0.39, 0.29) is 4.75 Å². The maximum atomic E-state index is 8.49. The standard InChI is InChI=1S/C5H7NOS/c1-8-5(2-6)3-7-4-5/h3-4H2,1H3. The Morgan fingerprint density at radius 2 is 2.38 bits per heavy atom. The van der Waals surface area contributed by atoms with Gasteiger partial charge in [-0.15, -0.1) is 11.8 Å². The summed E-state index contributed by atoms with van der Waals surface area (Å²) in [5.74, 6) is 0. The molecule has 44 valence electrons.